The maximum Gasteiger partial charge on any atom is 0.408 e. The first-order chi connectivity index (χ1) is 13.7. The van der Waals surface area contributed by atoms with Gasteiger partial charge in [-0.1, -0.05) is 0 Å². The number of hydrogen-bond donors (Lipinski definition) is 1. The van der Waals surface area contributed by atoms with Crippen LogP contribution in [0.2, 0.25) is 0 Å². The lowest BCUT2D eigenvalue weighted by atomic mass is 10.2. The SMILES string of the molecule is CCOc1ccc(C(=O)N2CCCN(C(=O)CNC(=O)OC(C)(C)C)CC2)cc1. The van der Waals surface area contributed by atoms with E-state index in [1.165, 1.54) is 0 Å². The molecule has 3 amide bonds. The van der Waals surface area contributed by atoms with Crippen LogP contribution in [-0.2, 0) is 9.53 Å². The number of amides is 3. The molecule has 0 radical (unpaired) electrons. The molecule has 1 aromatic carbocycles. The van der Waals surface area contributed by atoms with Gasteiger partial charge in [-0.3, -0.25) is 9.59 Å². The van der Waals surface area contributed by atoms with Crippen LogP contribution >= 0.6 is 0 Å². The molecule has 8 heteroatoms. The smallest absolute Gasteiger partial charge is 0.408 e. The molecule has 0 aliphatic carbocycles. The Morgan fingerprint density at radius 2 is 1.62 bits per heavy atom. The fourth-order valence-electron chi connectivity index (χ4n) is 2.99. The molecule has 0 unspecified atom stereocenters. The molecule has 1 fully saturated rings. The maximum atomic E-state index is 12.8. The molecule has 0 saturated carbocycles. The van der Waals surface area contributed by atoms with Crippen molar-refractivity contribution < 1.29 is 23.9 Å². The summed E-state index contributed by atoms with van der Waals surface area (Å²) in [7, 11) is 0. The first-order valence-corrected chi connectivity index (χ1v) is 9.96. The Kier molecular flexibility index (Phi) is 7.87. The molecule has 2 rings (SSSR count). The van der Waals surface area contributed by atoms with Gasteiger partial charge in [0.05, 0.1) is 6.61 Å². The molecular weight excluding hydrogens is 374 g/mol. The Labute approximate surface area is 172 Å². The molecule has 0 aromatic heterocycles. The molecule has 1 N–H and O–H groups in total. The van der Waals surface area contributed by atoms with Gasteiger partial charge in [0, 0.05) is 31.7 Å². The summed E-state index contributed by atoms with van der Waals surface area (Å²) >= 11 is 0. The highest BCUT2D eigenvalue weighted by Crippen LogP contribution is 2.15. The van der Waals surface area contributed by atoms with E-state index in [-0.39, 0.29) is 18.4 Å². The molecule has 1 aliphatic heterocycles. The summed E-state index contributed by atoms with van der Waals surface area (Å²) in [5, 5.41) is 2.49. The number of carbonyl (C=O) groups excluding carboxylic acids is 3. The van der Waals surface area contributed by atoms with E-state index in [2.05, 4.69) is 5.32 Å². The molecule has 1 aromatic rings. The summed E-state index contributed by atoms with van der Waals surface area (Å²) in [4.78, 5) is 40.3. The molecule has 160 valence electrons. The number of ether oxygens (including phenoxy) is 2. The minimum absolute atomic E-state index is 0.0609. The minimum Gasteiger partial charge on any atom is -0.494 e. The molecule has 29 heavy (non-hydrogen) atoms. The van der Waals surface area contributed by atoms with Crippen molar-refractivity contribution in [1.29, 1.82) is 0 Å². The number of carbonyl (C=O) groups is 3. The van der Waals surface area contributed by atoms with E-state index < -0.39 is 11.7 Å². The Balaban J connectivity index is 1.85. The standard InChI is InChI=1S/C21H31N3O5/c1-5-28-17-9-7-16(8-10-17)19(26)24-12-6-11-23(13-14-24)18(25)15-22-20(27)29-21(2,3)4/h7-10H,5-6,11-15H2,1-4H3,(H,22,27). The van der Waals surface area contributed by atoms with Crippen LogP contribution in [0.15, 0.2) is 24.3 Å². The highest BCUT2D eigenvalue weighted by Gasteiger charge is 2.24. The van der Waals surface area contributed by atoms with Crippen LogP contribution in [0, 0.1) is 0 Å². The predicted octanol–water partition coefficient (Wildman–Crippen LogP) is 2.28. The Bertz CT molecular complexity index is 712. The van der Waals surface area contributed by atoms with E-state index in [1.807, 2.05) is 6.92 Å². The van der Waals surface area contributed by atoms with E-state index in [0.29, 0.717) is 44.8 Å². The summed E-state index contributed by atoms with van der Waals surface area (Å²) < 4.78 is 10.5. The molecule has 1 saturated heterocycles. The van der Waals surface area contributed by atoms with Gasteiger partial charge in [0.1, 0.15) is 17.9 Å². The molecular formula is C21H31N3O5. The molecule has 8 nitrogen and oxygen atoms in total. The molecule has 0 atom stereocenters. The van der Waals surface area contributed by atoms with Gasteiger partial charge in [-0.25, -0.2) is 4.79 Å². The molecule has 0 bridgehead atoms. The Morgan fingerprint density at radius 3 is 2.24 bits per heavy atom. The first kappa shape index (κ1) is 22.5. The third-order valence-electron chi connectivity index (χ3n) is 4.33. The van der Waals surface area contributed by atoms with Crippen molar-refractivity contribution >= 4 is 17.9 Å². The van der Waals surface area contributed by atoms with E-state index in [9.17, 15) is 14.4 Å². The van der Waals surface area contributed by atoms with Gasteiger partial charge in [0.15, 0.2) is 0 Å². The fourth-order valence-corrected chi connectivity index (χ4v) is 2.99. The van der Waals surface area contributed by atoms with E-state index >= 15 is 0 Å². The first-order valence-electron chi connectivity index (χ1n) is 9.96. The normalized spacial score (nSPS) is 14.8. The van der Waals surface area contributed by atoms with Crippen molar-refractivity contribution in [2.45, 2.75) is 39.7 Å². The Morgan fingerprint density at radius 1 is 1.00 bits per heavy atom. The minimum atomic E-state index is -0.618. The van der Waals surface area contributed by atoms with E-state index in [4.69, 9.17) is 9.47 Å². The third kappa shape index (κ3) is 7.29. The summed E-state index contributed by atoms with van der Waals surface area (Å²) in [5.41, 5.74) is -0.0166. The van der Waals surface area contributed by atoms with Gasteiger partial charge in [-0.05, 0) is 58.4 Å². The number of benzene rings is 1. The van der Waals surface area contributed by atoms with Gasteiger partial charge >= 0.3 is 6.09 Å². The highest BCUT2D eigenvalue weighted by molar-refractivity contribution is 5.94. The van der Waals surface area contributed by atoms with Gasteiger partial charge in [-0.2, -0.15) is 0 Å². The number of nitrogens with zero attached hydrogens (tertiary/aromatic N) is 2. The summed E-state index contributed by atoms with van der Waals surface area (Å²) in [5.74, 6) is 0.481. The van der Waals surface area contributed by atoms with Crippen LogP contribution in [0.3, 0.4) is 0 Å². The lowest BCUT2D eigenvalue weighted by molar-refractivity contribution is -0.130. The maximum absolute atomic E-state index is 12.8. The van der Waals surface area contributed by atoms with Crippen LogP contribution in [0.1, 0.15) is 44.5 Å². The van der Waals surface area contributed by atoms with Crippen LogP contribution in [-0.4, -0.2) is 72.6 Å². The number of alkyl carbamates (subject to hydrolysis) is 1. The van der Waals surface area contributed by atoms with Crippen molar-refractivity contribution in [2.24, 2.45) is 0 Å². The zero-order valence-corrected chi connectivity index (χ0v) is 17.7. The van der Waals surface area contributed by atoms with Crippen LogP contribution in [0.4, 0.5) is 4.79 Å². The second-order valence-electron chi connectivity index (χ2n) is 7.84. The van der Waals surface area contributed by atoms with Gasteiger partial charge in [0.2, 0.25) is 5.91 Å². The van der Waals surface area contributed by atoms with Crippen molar-refractivity contribution in [2.75, 3.05) is 39.3 Å². The van der Waals surface area contributed by atoms with Crippen LogP contribution in [0.25, 0.3) is 0 Å². The van der Waals surface area contributed by atoms with E-state index in [1.54, 1.807) is 54.8 Å². The highest BCUT2D eigenvalue weighted by atomic mass is 16.6. The van der Waals surface area contributed by atoms with Gasteiger partial charge < -0.3 is 24.6 Å². The zero-order valence-electron chi connectivity index (χ0n) is 17.7. The van der Waals surface area contributed by atoms with Gasteiger partial charge in [0.25, 0.3) is 5.91 Å². The quantitative estimate of drug-likeness (QED) is 0.812. The lowest BCUT2D eigenvalue weighted by Gasteiger charge is -2.23. The Hall–Kier alpha value is -2.77. The molecule has 0 spiro atoms. The number of nitrogens with one attached hydrogen (secondary N) is 1. The second-order valence-corrected chi connectivity index (χ2v) is 7.84. The number of hydrogen-bond acceptors (Lipinski definition) is 5. The van der Waals surface area contributed by atoms with Crippen LogP contribution < -0.4 is 10.1 Å². The van der Waals surface area contributed by atoms with Crippen molar-refractivity contribution in [3.63, 3.8) is 0 Å². The van der Waals surface area contributed by atoms with E-state index in [0.717, 1.165) is 5.75 Å². The topological polar surface area (TPSA) is 88.2 Å². The summed E-state index contributed by atoms with van der Waals surface area (Å²) in [6.45, 7) is 9.65. The summed E-state index contributed by atoms with van der Waals surface area (Å²) in [6.07, 6.45) is 0.0639. The fraction of sp³-hybridized carbons (Fsp3) is 0.571. The molecule has 1 heterocycles. The molecule has 1 aliphatic rings. The van der Waals surface area contributed by atoms with Gasteiger partial charge in [-0.15, -0.1) is 0 Å². The second kappa shape index (κ2) is 10.1. The van der Waals surface area contributed by atoms with Crippen molar-refractivity contribution in [3.8, 4) is 5.75 Å². The monoisotopic (exact) mass is 405 g/mol. The number of rotatable bonds is 5. The summed E-state index contributed by atoms with van der Waals surface area (Å²) in [6, 6.07) is 7.08. The van der Waals surface area contributed by atoms with Crippen LogP contribution in [0.5, 0.6) is 5.75 Å². The third-order valence-corrected chi connectivity index (χ3v) is 4.33. The zero-order chi connectivity index (χ0) is 21.4. The average Bonchev–Trinajstić information content (AvgIpc) is 2.91. The largest absolute Gasteiger partial charge is 0.494 e. The van der Waals surface area contributed by atoms with Crippen molar-refractivity contribution in [1.82, 2.24) is 15.1 Å². The average molecular weight is 405 g/mol. The van der Waals surface area contributed by atoms with Crippen molar-refractivity contribution in [3.05, 3.63) is 29.8 Å². The predicted molar refractivity (Wildman–Crippen MR) is 109 cm³/mol. The lowest BCUT2D eigenvalue weighted by Crippen LogP contribution is -2.43.